The lowest BCUT2D eigenvalue weighted by atomic mass is 10.2. The minimum Gasteiger partial charge on any atom is -0.359 e. The van der Waals surface area contributed by atoms with E-state index < -0.39 is 11.2 Å². The van der Waals surface area contributed by atoms with Crippen molar-refractivity contribution in [2.75, 3.05) is 29.9 Å². The van der Waals surface area contributed by atoms with E-state index in [2.05, 4.69) is 15.6 Å². The Kier molecular flexibility index (Phi) is 6.23. The highest BCUT2D eigenvalue weighted by atomic mass is 35.5. The van der Waals surface area contributed by atoms with Crippen LogP contribution in [0, 0.1) is 0 Å². The van der Waals surface area contributed by atoms with Gasteiger partial charge in [0, 0.05) is 45.8 Å². The summed E-state index contributed by atoms with van der Waals surface area (Å²) in [4.78, 5) is 54.6. The first kappa shape index (κ1) is 22.6. The van der Waals surface area contributed by atoms with Gasteiger partial charge < -0.3 is 20.1 Å². The number of imidazole rings is 1. The molecule has 0 radical (unpaired) electrons. The smallest absolute Gasteiger partial charge is 0.332 e. The number of hydrogen-bond acceptors (Lipinski definition) is 6. The Balaban J connectivity index is 1.38. The standard InChI is InChI=1S/C21H24ClN7O4/c1-26-19-18(20(32)27(2)21(26)33)29(12-24-19)8-3-4-16(30)25-13-5-6-15(14(22)10-13)28-9-7-23-17(31)11-28/h5-6,10,12H,3-4,7-9,11H2,1-2H3,(H,23,31)(H,25,30). The van der Waals surface area contributed by atoms with Gasteiger partial charge in [-0.15, -0.1) is 0 Å². The van der Waals surface area contributed by atoms with Crippen LogP contribution in [-0.2, 0) is 30.2 Å². The maximum atomic E-state index is 12.5. The highest BCUT2D eigenvalue weighted by Gasteiger charge is 2.19. The zero-order chi connectivity index (χ0) is 23.7. The van der Waals surface area contributed by atoms with Crippen LogP contribution in [0.2, 0.25) is 5.02 Å². The largest absolute Gasteiger partial charge is 0.359 e. The van der Waals surface area contributed by atoms with Gasteiger partial charge in [0.25, 0.3) is 5.56 Å². The average molecular weight is 474 g/mol. The summed E-state index contributed by atoms with van der Waals surface area (Å²) in [6.45, 7) is 1.86. The molecule has 11 nitrogen and oxygen atoms in total. The van der Waals surface area contributed by atoms with E-state index in [1.807, 2.05) is 4.90 Å². The summed E-state index contributed by atoms with van der Waals surface area (Å²) >= 11 is 6.38. The summed E-state index contributed by atoms with van der Waals surface area (Å²) in [6, 6.07) is 5.20. The lowest BCUT2D eigenvalue weighted by molar-refractivity contribution is -0.120. The molecule has 1 aliphatic rings. The fourth-order valence-electron chi connectivity index (χ4n) is 3.89. The van der Waals surface area contributed by atoms with Crippen LogP contribution < -0.4 is 26.8 Å². The van der Waals surface area contributed by atoms with Gasteiger partial charge in [-0.2, -0.15) is 0 Å². The van der Waals surface area contributed by atoms with Crippen molar-refractivity contribution in [1.29, 1.82) is 0 Å². The lowest BCUT2D eigenvalue weighted by Gasteiger charge is -2.29. The molecule has 1 aromatic carbocycles. The van der Waals surface area contributed by atoms with Crippen molar-refractivity contribution in [1.82, 2.24) is 24.0 Å². The van der Waals surface area contributed by atoms with Crippen LogP contribution in [0.15, 0.2) is 34.1 Å². The van der Waals surface area contributed by atoms with Crippen molar-refractivity contribution in [3.63, 3.8) is 0 Å². The first-order chi connectivity index (χ1) is 15.8. The summed E-state index contributed by atoms with van der Waals surface area (Å²) in [5, 5.41) is 6.04. The molecule has 2 N–H and O–H groups in total. The quantitative estimate of drug-likeness (QED) is 0.535. The molecule has 1 aliphatic heterocycles. The number of rotatable bonds is 6. The zero-order valence-electron chi connectivity index (χ0n) is 18.3. The first-order valence-electron chi connectivity index (χ1n) is 10.5. The third kappa shape index (κ3) is 4.49. The number of benzene rings is 1. The third-order valence-corrected chi connectivity index (χ3v) is 5.93. The Morgan fingerprint density at radius 2 is 2.00 bits per heavy atom. The summed E-state index contributed by atoms with van der Waals surface area (Å²) < 4.78 is 4.02. The molecule has 0 unspecified atom stereocenters. The van der Waals surface area contributed by atoms with E-state index in [1.54, 1.807) is 29.8 Å². The second-order valence-electron chi connectivity index (χ2n) is 7.91. The molecule has 33 heavy (non-hydrogen) atoms. The van der Waals surface area contributed by atoms with Gasteiger partial charge in [0.05, 0.1) is 23.6 Å². The Morgan fingerprint density at radius 3 is 2.73 bits per heavy atom. The van der Waals surface area contributed by atoms with Crippen molar-refractivity contribution in [2.45, 2.75) is 19.4 Å². The number of anilines is 2. The minimum atomic E-state index is -0.439. The summed E-state index contributed by atoms with van der Waals surface area (Å²) in [6.07, 6.45) is 2.19. The van der Waals surface area contributed by atoms with Crippen LogP contribution in [0.25, 0.3) is 11.2 Å². The normalized spacial score (nSPS) is 13.9. The SMILES string of the molecule is Cn1c(=O)c2c(ncn2CCCC(=O)Nc2ccc(N3CCNC(=O)C3)c(Cl)c2)n(C)c1=O. The fraction of sp³-hybridized carbons (Fsp3) is 0.381. The van der Waals surface area contributed by atoms with Crippen molar-refractivity contribution in [3.8, 4) is 0 Å². The molecule has 12 heteroatoms. The maximum absolute atomic E-state index is 12.5. The number of hydrogen-bond donors (Lipinski definition) is 2. The van der Waals surface area contributed by atoms with Crippen LogP contribution in [0.1, 0.15) is 12.8 Å². The van der Waals surface area contributed by atoms with Gasteiger partial charge >= 0.3 is 5.69 Å². The molecule has 2 aromatic heterocycles. The van der Waals surface area contributed by atoms with Crippen molar-refractivity contribution < 1.29 is 9.59 Å². The Morgan fingerprint density at radius 1 is 1.21 bits per heavy atom. The van der Waals surface area contributed by atoms with Gasteiger partial charge in [0.2, 0.25) is 11.8 Å². The van der Waals surface area contributed by atoms with E-state index in [-0.39, 0.29) is 24.8 Å². The van der Waals surface area contributed by atoms with Gasteiger partial charge in [0.15, 0.2) is 11.2 Å². The molecule has 2 amide bonds. The number of nitrogens with one attached hydrogen (secondary N) is 2. The van der Waals surface area contributed by atoms with E-state index >= 15 is 0 Å². The highest BCUT2D eigenvalue weighted by molar-refractivity contribution is 6.33. The molecule has 1 saturated heterocycles. The number of nitrogens with zero attached hydrogens (tertiary/aromatic N) is 5. The Labute approximate surface area is 193 Å². The van der Waals surface area contributed by atoms with Crippen LogP contribution in [0.5, 0.6) is 0 Å². The van der Waals surface area contributed by atoms with Crippen molar-refractivity contribution in [3.05, 3.63) is 50.4 Å². The molecule has 0 aliphatic carbocycles. The Hall–Kier alpha value is -3.60. The molecule has 3 aromatic rings. The zero-order valence-corrected chi connectivity index (χ0v) is 19.1. The van der Waals surface area contributed by atoms with E-state index in [0.717, 1.165) is 10.3 Å². The van der Waals surface area contributed by atoms with Crippen LogP contribution >= 0.6 is 11.6 Å². The molecule has 4 rings (SSSR count). The fourth-order valence-corrected chi connectivity index (χ4v) is 4.19. The van der Waals surface area contributed by atoms with Gasteiger partial charge in [0.1, 0.15) is 0 Å². The van der Waals surface area contributed by atoms with Crippen molar-refractivity contribution >= 4 is 46.0 Å². The second-order valence-corrected chi connectivity index (χ2v) is 8.31. The third-order valence-electron chi connectivity index (χ3n) is 5.63. The number of aromatic nitrogens is 4. The molecular formula is C21H24ClN7O4. The molecular weight excluding hydrogens is 450 g/mol. The molecule has 0 atom stereocenters. The Bertz CT molecular complexity index is 1360. The number of piperazine rings is 1. The molecule has 174 valence electrons. The topological polar surface area (TPSA) is 123 Å². The number of amides is 2. The number of carbonyl (C=O) groups is 2. The maximum Gasteiger partial charge on any atom is 0.332 e. The summed E-state index contributed by atoms with van der Waals surface area (Å²) in [5.74, 6) is -0.249. The van der Waals surface area contributed by atoms with Crippen LogP contribution in [0.4, 0.5) is 11.4 Å². The van der Waals surface area contributed by atoms with E-state index in [0.29, 0.717) is 47.9 Å². The lowest BCUT2D eigenvalue weighted by Crippen LogP contribution is -2.47. The number of carbonyl (C=O) groups excluding carboxylic acids is 2. The predicted octanol–water partition coefficient (Wildman–Crippen LogP) is 0.442. The summed E-state index contributed by atoms with van der Waals surface area (Å²) in [5.41, 5.74) is 1.09. The van der Waals surface area contributed by atoms with E-state index in [1.165, 1.54) is 17.9 Å². The van der Waals surface area contributed by atoms with Gasteiger partial charge in [-0.05, 0) is 24.6 Å². The van der Waals surface area contributed by atoms with E-state index in [4.69, 9.17) is 11.6 Å². The number of aryl methyl sites for hydroxylation is 2. The first-order valence-corrected chi connectivity index (χ1v) is 10.9. The summed E-state index contributed by atoms with van der Waals surface area (Å²) in [7, 11) is 2.98. The molecule has 0 bridgehead atoms. The molecule has 0 spiro atoms. The number of fused-ring (bicyclic) bond motifs is 1. The predicted molar refractivity (Wildman–Crippen MR) is 125 cm³/mol. The highest BCUT2D eigenvalue weighted by Crippen LogP contribution is 2.29. The van der Waals surface area contributed by atoms with E-state index in [9.17, 15) is 19.2 Å². The van der Waals surface area contributed by atoms with Crippen LogP contribution in [0.3, 0.4) is 0 Å². The molecule has 3 heterocycles. The average Bonchev–Trinajstić information content (AvgIpc) is 3.20. The molecule has 0 saturated carbocycles. The number of halogens is 1. The molecule has 1 fully saturated rings. The monoisotopic (exact) mass is 473 g/mol. The second kappa shape index (κ2) is 9.10. The van der Waals surface area contributed by atoms with Gasteiger partial charge in [-0.25, -0.2) is 9.78 Å². The van der Waals surface area contributed by atoms with Gasteiger partial charge in [-0.1, -0.05) is 11.6 Å². The van der Waals surface area contributed by atoms with Crippen LogP contribution in [-0.4, -0.2) is 50.1 Å². The van der Waals surface area contributed by atoms with Gasteiger partial charge in [-0.3, -0.25) is 23.5 Å². The minimum absolute atomic E-state index is 0.0551. The van der Waals surface area contributed by atoms with Crippen molar-refractivity contribution in [2.24, 2.45) is 14.1 Å².